The zero-order chi connectivity index (χ0) is 21.9. The van der Waals surface area contributed by atoms with Gasteiger partial charge in [-0.25, -0.2) is 9.18 Å². The van der Waals surface area contributed by atoms with Crippen molar-refractivity contribution >= 4 is 45.1 Å². The molecule has 1 aliphatic rings. The molecular weight excluding hydrogens is 394 g/mol. The van der Waals surface area contributed by atoms with Gasteiger partial charge >= 0.3 is 13.2 Å². The van der Waals surface area contributed by atoms with Crippen LogP contribution in [0.25, 0.3) is 10.1 Å². The Kier molecular flexibility index (Phi) is 4.98. The van der Waals surface area contributed by atoms with E-state index in [1.807, 2.05) is 54.5 Å². The first-order valence-corrected chi connectivity index (χ1v) is 10.1. The second-order valence-electron chi connectivity index (χ2n) is 9.21. The van der Waals surface area contributed by atoms with Crippen LogP contribution in [0, 0.1) is 17.1 Å². The van der Waals surface area contributed by atoms with Crippen molar-refractivity contribution in [3.05, 3.63) is 23.0 Å². The topological polar surface area (TPSA) is 91.6 Å². The van der Waals surface area contributed by atoms with E-state index in [0.717, 1.165) is 11.3 Å². The number of hydrogen-bond donors (Lipinski definition) is 2. The first kappa shape index (κ1) is 21.6. The molecule has 1 fully saturated rings. The van der Waals surface area contributed by atoms with Crippen molar-refractivity contribution in [2.75, 3.05) is 5.32 Å². The summed E-state index contributed by atoms with van der Waals surface area (Å²) >= 11 is 0.895. The minimum Gasteiger partial charge on any atom is -0.465 e. The number of nitrogens with one attached hydrogen (secondary N) is 1. The van der Waals surface area contributed by atoms with Gasteiger partial charge in [0.2, 0.25) is 0 Å². The molecular formula is C20H24BFN2O4S. The monoisotopic (exact) mass is 418 g/mol. The van der Waals surface area contributed by atoms with E-state index in [0.29, 0.717) is 16.4 Å². The SMILES string of the molecule is CC(C)(C)c1cc(F)c2sc(NC(=O)O)c(C#N)c2c1B1OC(C)(C)C(C)(C)O1. The predicted octanol–water partition coefficient (Wildman–Crippen LogP) is 4.60. The molecule has 2 N–H and O–H groups in total. The zero-order valence-corrected chi connectivity index (χ0v) is 18.4. The van der Waals surface area contributed by atoms with Crippen molar-refractivity contribution in [3.63, 3.8) is 0 Å². The van der Waals surface area contributed by atoms with Gasteiger partial charge in [-0.2, -0.15) is 5.26 Å². The third-order valence-electron chi connectivity index (χ3n) is 5.58. The molecule has 0 unspecified atom stereocenters. The van der Waals surface area contributed by atoms with E-state index in [1.54, 1.807) is 0 Å². The van der Waals surface area contributed by atoms with Gasteiger partial charge in [-0.1, -0.05) is 20.8 Å². The van der Waals surface area contributed by atoms with Gasteiger partial charge in [-0.05, 0) is 50.2 Å². The molecule has 2 aromatic rings. The minimum absolute atomic E-state index is 0.0714. The number of rotatable bonds is 2. The van der Waals surface area contributed by atoms with Crippen LogP contribution in [-0.4, -0.2) is 29.5 Å². The number of carbonyl (C=O) groups is 1. The summed E-state index contributed by atoms with van der Waals surface area (Å²) in [5, 5.41) is 21.6. The Morgan fingerprint density at radius 2 is 1.83 bits per heavy atom. The lowest BCUT2D eigenvalue weighted by atomic mass is 9.67. The number of carboxylic acid groups (broad SMARTS) is 1. The standard InChI is InChI=1S/C20H24BFN2O4S/c1-18(2,3)11-8-12(22)15-13(10(9-23)16(29-15)24-17(25)26)14(11)21-27-19(4,5)20(6,7)28-21/h8,24H,1-7H3,(H,25,26). The van der Waals surface area contributed by atoms with Gasteiger partial charge in [0.1, 0.15) is 16.9 Å². The van der Waals surface area contributed by atoms with Crippen molar-refractivity contribution in [2.24, 2.45) is 0 Å². The molecule has 0 aliphatic carbocycles. The van der Waals surface area contributed by atoms with E-state index in [9.17, 15) is 10.1 Å². The van der Waals surface area contributed by atoms with E-state index in [-0.39, 0.29) is 15.3 Å². The molecule has 29 heavy (non-hydrogen) atoms. The van der Waals surface area contributed by atoms with Gasteiger partial charge in [0, 0.05) is 5.39 Å². The van der Waals surface area contributed by atoms with Gasteiger partial charge in [-0.15, -0.1) is 11.3 Å². The lowest BCUT2D eigenvalue weighted by Crippen LogP contribution is -2.41. The van der Waals surface area contributed by atoms with Crippen LogP contribution in [0.2, 0.25) is 0 Å². The lowest BCUT2D eigenvalue weighted by molar-refractivity contribution is 0.00578. The average molecular weight is 418 g/mol. The largest absolute Gasteiger partial charge is 0.495 e. The van der Waals surface area contributed by atoms with Crippen molar-refractivity contribution in [1.29, 1.82) is 5.26 Å². The lowest BCUT2D eigenvalue weighted by Gasteiger charge is -2.32. The molecule has 1 saturated heterocycles. The third kappa shape index (κ3) is 3.50. The molecule has 3 rings (SSSR count). The van der Waals surface area contributed by atoms with Crippen LogP contribution >= 0.6 is 11.3 Å². The van der Waals surface area contributed by atoms with E-state index >= 15 is 4.39 Å². The van der Waals surface area contributed by atoms with Crippen LogP contribution in [0.15, 0.2) is 6.07 Å². The first-order chi connectivity index (χ1) is 13.2. The van der Waals surface area contributed by atoms with Crippen molar-refractivity contribution in [3.8, 4) is 6.07 Å². The summed E-state index contributed by atoms with van der Waals surface area (Å²) in [7, 11) is -0.822. The molecule has 1 aromatic heterocycles. The quantitative estimate of drug-likeness (QED) is 0.696. The number of nitrogens with zero attached hydrogens (tertiary/aromatic N) is 1. The molecule has 9 heteroatoms. The van der Waals surface area contributed by atoms with Gasteiger partial charge < -0.3 is 14.4 Å². The molecule has 0 atom stereocenters. The van der Waals surface area contributed by atoms with Gasteiger partial charge in [0.15, 0.2) is 0 Å². The molecule has 154 valence electrons. The smallest absolute Gasteiger partial charge is 0.465 e. The number of amides is 1. The first-order valence-electron chi connectivity index (χ1n) is 9.24. The summed E-state index contributed by atoms with van der Waals surface area (Å²) < 4.78 is 27.7. The molecule has 1 aromatic carbocycles. The maximum atomic E-state index is 15.1. The number of benzene rings is 1. The number of hydrogen-bond acceptors (Lipinski definition) is 5. The summed E-state index contributed by atoms with van der Waals surface area (Å²) in [5.41, 5.74) is -0.432. The number of anilines is 1. The maximum Gasteiger partial charge on any atom is 0.495 e. The second-order valence-corrected chi connectivity index (χ2v) is 10.2. The number of thiophene rings is 1. The summed E-state index contributed by atoms with van der Waals surface area (Å²) in [5.74, 6) is -0.509. The number of fused-ring (bicyclic) bond motifs is 1. The van der Waals surface area contributed by atoms with Crippen LogP contribution in [-0.2, 0) is 14.7 Å². The summed E-state index contributed by atoms with van der Waals surface area (Å²) in [6, 6.07) is 3.48. The van der Waals surface area contributed by atoms with Crippen LogP contribution < -0.4 is 10.8 Å². The van der Waals surface area contributed by atoms with Gasteiger partial charge in [0.05, 0.1) is 21.5 Å². The highest BCUT2D eigenvalue weighted by molar-refractivity contribution is 7.23. The second kappa shape index (κ2) is 6.69. The fraction of sp³-hybridized carbons (Fsp3) is 0.500. The average Bonchev–Trinajstić information content (AvgIpc) is 3.00. The molecule has 2 heterocycles. The fourth-order valence-electron chi connectivity index (χ4n) is 3.38. The Hall–Kier alpha value is -2.15. The van der Waals surface area contributed by atoms with E-state index < -0.39 is 35.6 Å². The highest BCUT2D eigenvalue weighted by atomic mass is 32.1. The minimum atomic E-state index is -1.32. The molecule has 0 radical (unpaired) electrons. The maximum absolute atomic E-state index is 15.1. The Bertz CT molecular complexity index is 1030. The molecule has 1 amide bonds. The van der Waals surface area contributed by atoms with Gasteiger partial charge in [-0.3, -0.25) is 5.32 Å². The summed E-state index contributed by atoms with van der Waals surface area (Å²) in [4.78, 5) is 11.2. The van der Waals surface area contributed by atoms with Crippen molar-refractivity contribution in [2.45, 2.75) is 65.1 Å². The number of halogens is 1. The molecule has 0 spiro atoms. The van der Waals surface area contributed by atoms with Crippen LogP contribution in [0.5, 0.6) is 0 Å². The Labute approximate surface area is 173 Å². The molecule has 0 saturated carbocycles. The summed E-state index contributed by atoms with van der Waals surface area (Å²) in [6.07, 6.45) is -1.32. The Morgan fingerprint density at radius 1 is 1.28 bits per heavy atom. The Balaban J connectivity index is 2.40. The highest BCUT2D eigenvalue weighted by Gasteiger charge is 2.53. The highest BCUT2D eigenvalue weighted by Crippen LogP contribution is 2.42. The van der Waals surface area contributed by atoms with Crippen LogP contribution in [0.3, 0.4) is 0 Å². The van der Waals surface area contributed by atoms with Crippen LogP contribution in [0.1, 0.15) is 59.6 Å². The molecule has 6 nitrogen and oxygen atoms in total. The summed E-state index contributed by atoms with van der Waals surface area (Å²) in [6.45, 7) is 13.5. The number of nitriles is 1. The van der Waals surface area contributed by atoms with E-state index in [1.165, 1.54) is 6.07 Å². The van der Waals surface area contributed by atoms with Crippen molar-refractivity contribution in [1.82, 2.24) is 0 Å². The van der Waals surface area contributed by atoms with Crippen molar-refractivity contribution < 1.29 is 23.6 Å². The predicted molar refractivity (Wildman–Crippen MR) is 113 cm³/mol. The molecule has 0 bridgehead atoms. The van der Waals surface area contributed by atoms with Crippen LogP contribution in [0.4, 0.5) is 14.2 Å². The normalized spacial score (nSPS) is 18.1. The van der Waals surface area contributed by atoms with E-state index in [2.05, 4.69) is 5.32 Å². The van der Waals surface area contributed by atoms with Gasteiger partial charge in [0.25, 0.3) is 0 Å². The third-order valence-corrected chi connectivity index (χ3v) is 6.70. The zero-order valence-electron chi connectivity index (χ0n) is 17.6. The Morgan fingerprint density at radius 3 is 2.28 bits per heavy atom. The molecule has 1 aliphatic heterocycles. The van der Waals surface area contributed by atoms with E-state index in [4.69, 9.17) is 14.4 Å². The fourth-order valence-corrected chi connectivity index (χ4v) is 4.44.